The number of ether oxygens (including phenoxy) is 1. The van der Waals surface area contributed by atoms with E-state index < -0.39 is 29.2 Å². The van der Waals surface area contributed by atoms with E-state index in [0.29, 0.717) is 12.2 Å². The molecule has 4 aromatic carbocycles. The van der Waals surface area contributed by atoms with Gasteiger partial charge in [0.25, 0.3) is 0 Å². The summed E-state index contributed by atoms with van der Waals surface area (Å²) in [6, 6.07) is 35.2. The van der Waals surface area contributed by atoms with Gasteiger partial charge in [-0.05, 0) is 60.7 Å². The summed E-state index contributed by atoms with van der Waals surface area (Å²) < 4.78 is 5.88. The highest BCUT2D eigenvalue weighted by atomic mass is 16.5. The van der Waals surface area contributed by atoms with Crippen molar-refractivity contribution in [1.29, 1.82) is 0 Å². The number of benzene rings is 4. The van der Waals surface area contributed by atoms with Crippen LogP contribution in [0.2, 0.25) is 0 Å². The molecule has 0 aliphatic carbocycles. The lowest BCUT2D eigenvalue weighted by atomic mass is 9.76. The summed E-state index contributed by atoms with van der Waals surface area (Å²) in [6.07, 6.45) is 0.394. The van der Waals surface area contributed by atoms with Crippen LogP contribution in [-0.4, -0.2) is 29.7 Å². The number of aliphatic imine (C=N–C) groups is 1. The summed E-state index contributed by atoms with van der Waals surface area (Å²) in [6.45, 7) is 2.09. The molecule has 0 bridgehead atoms. The summed E-state index contributed by atoms with van der Waals surface area (Å²) in [5, 5.41) is 2.98. The molecule has 0 aromatic heterocycles. The molecule has 216 valence electrons. The third-order valence-electron chi connectivity index (χ3n) is 7.10. The predicted molar refractivity (Wildman–Crippen MR) is 166 cm³/mol. The van der Waals surface area contributed by atoms with E-state index in [1.54, 1.807) is 0 Å². The van der Waals surface area contributed by atoms with Gasteiger partial charge in [0.05, 0.1) is 12.0 Å². The highest BCUT2D eigenvalue weighted by Crippen LogP contribution is 2.32. The summed E-state index contributed by atoms with van der Waals surface area (Å²) >= 11 is 0. The summed E-state index contributed by atoms with van der Waals surface area (Å²) in [4.78, 5) is 32.3. The summed E-state index contributed by atoms with van der Waals surface area (Å²) in [7, 11) is 0. The second-order valence-corrected chi connectivity index (χ2v) is 10.2. The lowest BCUT2D eigenvalue weighted by Gasteiger charge is -2.32. The van der Waals surface area contributed by atoms with Crippen molar-refractivity contribution in [2.45, 2.75) is 37.3 Å². The largest absolute Gasteiger partial charge is 0.457 e. The molecular weight excluding hydrogens is 526 g/mol. The third kappa shape index (κ3) is 7.62. The van der Waals surface area contributed by atoms with Crippen molar-refractivity contribution in [1.82, 2.24) is 5.32 Å². The molecule has 0 spiro atoms. The summed E-state index contributed by atoms with van der Waals surface area (Å²) in [5.41, 5.74) is 18.3. The molecule has 0 saturated heterocycles. The van der Waals surface area contributed by atoms with Crippen LogP contribution in [0.1, 0.15) is 48.4 Å². The van der Waals surface area contributed by atoms with E-state index in [-0.39, 0.29) is 18.9 Å². The fourth-order valence-electron chi connectivity index (χ4n) is 4.82. The Hall–Kier alpha value is -4.95. The maximum atomic E-state index is 14.4. The van der Waals surface area contributed by atoms with E-state index in [9.17, 15) is 9.59 Å². The Labute approximate surface area is 246 Å². The van der Waals surface area contributed by atoms with E-state index in [1.807, 2.05) is 122 Å². The van der Waals surface area contributed by atoms with Gasteiger partial charge in [-0.2, -0.15) is 0 Å². The standard InChI is InChI=1S/C34H37N5O3/c1-24(25-18-20-29(21-19-25)42-28-16-9-4-10-17-28)39-32(41)34(37,22-11-23-38-33(35)36)31(40)30(26-12-5-2-6-13-26)27-14-7-3-8-15-27/h2-10,12-21,24,30H,11,22-23,37H2,1H3,(H,39,41)(H4,35,36,38)/t24-,34+/m0/s1. The van der Waals surface area contributed by atoms with Gasteiger partial charge in [-0.1, -0.05) is 91.0 Å². The minimum absolute atomic E-state index is 0.0567. The number of nitrogens with two attached hydrogens (primary N) is 3. The number of guanidine groups is 1. The lowest BCUT2D eigenvalue weighted by molar-refractivity contribution is -0.137. The predicted octanol–water partition coefficient (Wildman–Crippen LogP) is 4.81. The smallest absolute Gasteiger partial charge is 0.248 e. The number of carbonyl (C=O) groups excluding carboxylic acids is 2. The minimum Gasteiger partial charge on any atom is -0.457 e. The average molecular weight is 564 g/mol. The molecule has 0 aliphatic heterocycles. The Bertz CT molecular complexity index is 1430. The van der Waals surface area contributed by atoms with E-state index in [0.717, 1.165) is 22.4 Å². The Morgan fingerprint density at radius 3 is 1.79 bits per heavy atom. The van der Waals surface area contributed by atoms with Crippen LogP contribution in [-0.2, 0) is 9.59 Å². The van der Waals surface area contributed by atoms with Crippen molar-refractivity contribution < 1.29 is 14.3 Å². The maximum absolute atomic E-state index is 14.4. The number of hydrogen-bond acceptors (Lipinski definition) is 5. The van der Waals surface area contributed by atoms with Gasteiger partial charge in [0.2, 0.25) is 5.91 Å². The number of rotatable bonds is 13. The first-order valence-electron chi connectivity index (χ1n) is 13.9. The molecule has 0 saturated carbocycles. The molecule has 0 unspecified atom stereocenters. The van der Waals surface area contributed by atoms with Crippen LogP contribution in [0.5, 0.6) is 11.5 Å². The SMILES string of the molecule is C[C@H](NC(=O)[C@@](N)(CCCN=C(N)N)C(=O)C(c1ccccc1)c1ccccc1)c1ccc(Oc2ccccc2)cc1. The Morgan fingerprint density at radius 2 is 1.26 bits per heavy atom. The van der Waals surface area contributed by atoms with Crippen molar-refractivity contribution in [2.75, 3.05) is 6.54 Å². The third-order valence-corrected chi connectivity index (χ3v) is 7.10. The van der Waals surface area contributed by atoms with Crippen molar-refractivity contribution in [3.8, 4) is 11.5 Å². The molecule has 1 amide bonds. The molecule has 0 fully saturated rings. The highest BCUT2D eigenvalue weighted by molar-refractivity contribution is 6.14. The number of Topliss-reactive ketones (excluding diaryl/α,β-unsaturated/α-hetero) is 1. The first-order valence-corrected chi connectivity index (χ1v) is 13.9. The molecule has 4 aromatic rings. The molecule has 8 heteroatoms. The van der Waals surface area contributed by atoms with E-state index in [2.05, 4.69) is 10.3 Å². The van der Waals surface area contributed by atoms with Gasteiger partial charge in [0, 0.05) is 6.54 Å². The number of ketones is 1. The van der Waals surface area contributed by atoms with Crippen molar-refractivity contribution >= 4 is 17.6 Å². The second kappa shape index (κ2) is 14.1. The van der Waals surface area contributed by atoms with Crippen LogP contribution in [0, 0.1) is 0 Å². The lowest BCUT2D eigenvalue weighted by Crippen LogP contribution is -2.61. The molecule has 2 atom stereocenters. The fraction of sp³-hybridized carbons (Fsp3) is 0.206. The Kier molecular flexibility index (Phi) is 10.1. The molecule has 42 heavy (non-hydrogen) atoms. The molecule has 0 heterocycles. The average Bonchev–Trinajstić information content (AvgIpc) is 3.01. The maximum Gasteiger partial charge on any atom is 0.248 e. The Balaban J connectivity index is 1.59. The van der Waals surface area contributed by atoms with Gasteiger partial charge in [0.1, 0.15) is 11.5 Å². The van der Waals surface area contributed by atoms with Crippen LogP contribution in [0.3, 0.4) is 0 Å². The molecule has 8 nitrogen and oxygen atoms in total. The van der Waals surface area contributed by atoms with Gasteiger partial charge >= 0.3 is 0 Å². The van der Waals surface area contributed by atoms with E-state index in [4.69, 9.17) is 21.9 Å². The van der Waals surface area contributed by atoms with Crippen molar-refractivity contribution in [3.05, 3.63) is 132 Å². The van der Waals surface area contributed by atoms with Crippen LogP contribution < -0.4 is 27.3 Å². The molecule has 4 rings (SSSR count). The summed E-state index contributed by atoms with van der Waals surface area (Å²) in [5.74, 6) is -0.374. The monoisotopic (exact) mass is 563 g/mol. The molecule has 7 N–H and O–H groups in total. The number of hydrogen-bond donors (Lipinski definition) is 4. The first kappa shape index (κ1) is 30.0. The van der Waals surface area contributed by atoms with Crippen LogP contribution in [0.25, 0.3) is 0 Å². The minimum atomic E-state index is -1.85. The zero-order valence-electron chi connectivity index (χ0n) is 23.6. The zero-order valence-corrected chi connectivity index (χ0v) is 23.6. The van der Waals surface area contributed by atoms with Gasteiger partial charge in [-0.3, -0.25) is 14.6 Å². The number of nitrogens with zero attached hydrogens (tertiary/aromatic N) is 1. The normalized spacial score (nSPS) is 13.0. The Morgan fingerprint density at radius 1 is 0.762 bits per heavy atom. The van der Waals surface area contributed by atoms with E-state index >= 15 is 0 Å². The number of para-hydroxylation sites is 1. The van der Waals surface area contributed by atoms with Gasteiger partial charge in [0.15, 0.2) is 17.3 Å². The second-order valence-electron chi connectivity index (χ2n) is 10.2. The molecule has 0 aliphatic rings. The van der Waals surface area contributed by atoms with Crippen molar-refractivity contribution in [3.63, 3.8) is 0 Å². The van der Waals surface area contributed by atoms with Crippen LogP contribution >= 0.6 is 0 Å². The van der Waals surface area contributed by atoms with Crippen molar-refractivity contribution in [2.24, 2.45) is 22.2 Å². The van der Waals surface area contributed by atoms with Gasteiger partial charge in [-0.25, -0.2) is 0 Å². The number of nitrogens with one attached hydrogen (secondary N) is 1. The van der Waals surface area contributed by atoms with Gasteiger partial charge in [-0.15, -0.1) is 0 Å². The zero-order chi connectivity index (χ0) is 30.0. The molecular formula is C34H37N5O3. The topological polar surface area (TPSA) is 146 Å². The van der Waals surface area contributed by atoms with E-state index in [1.165, 1.54) is 0 Å². The number of carbonyl (C=O) groups is 2. The first-order chi connectivity index (χ1) is 20.3. The van der Waals surface area contributed by atoms with Crippen LogP contribution in [0.15, 0.2) is 120 Å². The quantitative estimate of drug-likeness (QED) is 0.0795. The number of amides is 1. The molecule has 0 radical (unpaired) electrons. The highest BCUT2D eigenvalue weighted by Gasteiger charge is 2.45. The van der Waals surface area contributed by atoms with Crippen LogP contribution in [0.4, 0.5) is 0 Å². The van der Waals surface area contributed by atoms with Gasteiger partial charge < -0.3 is 27.3 Å². The fourth-order valence-corrected chi connectivity index (χ4v) is 4.82.